The molecule has 0 aliphatic carbocycles. The Kier molecular flexibility index (Phi) is 4.10. The Labute approximate surface area is 112 Å². The van der Waals surface area contributed by atoms with Crippen molar-refractivity contribution in [2.24, 2.45) is 0 Å². The molecule has 1 heterocycles. The molecular formula is C12H18N2O4S. The van der Waals surface area contributed by atoms with Crippen molar-refractivity contribution in [1.29, 1.82) is 0 Å². The van der Waals surface area contributed by atoms with Crippen LogP contribution in [0.3, 0.4) is 0 Å². The van der Waals surface area contributed by atoms with Crippen LogP contribution in [0.15, 0.2) is 23.1 Å². The van der Waals surface area contributed by atoms with Crippen molar-refractivity contribution in [3.05, 3.63) is 23.8 Å². The van der Waals surface area contributed by atoms with Gasteiger partial charge in [0.05, 0.1) is 30.8 Å². The van der Waals surface area contributed by atoms with Crippen LogP contribution in [0.25, 0.3) is 0 Å². The Bertz CT molecular complexity index is 559. The lowest BCUT2D eigenvalue weighted by molar-refractivity contribution is 0.0109. The third-order valence-electron chi connectivity index (χ3n) is 3.18. The summed E-state index contributed by atoms with van der Waals surface area (Å²) >= 11 is 0. The van der Waals surface area contributed by atoms with Gasteiger partial charge in [-0.3, -0.25) is 0 Å². The van der Waals surface area contributed by atoms with Crippen LogP contribution in [0.1, 0.15) is 5.56 Å². The minimum absolute atomic E-state index is 0.188. The Morgan fingerprint density at radius 3 is 2.95 bits per heavy atom. The highest BCUT2D eigenvalue weighted by atomic mass is 32.2. The molecule has 1 aliphatic rings. The van der Waals surface area contributed by atoms with Crippen molar-refractivity contribution < 1.29 is 18.3 Å². The summed E-state index contributed by atoms with van der Waals surface area (Å²) in [6, 6.07) is 4.25. The van der Waals surface area contributed by atoms with E-state index in [1.54, 1.807) is 19.1 Å². The largest absolute Gasteiger partial charge is 0.399 e. The van der Waals surface area contributed by atoms with E-state index in [2.05, 4.69) is 0 Å². The number of aryl methyl sites for hydroxylation is 1. The van der Waals surface area contributed by atoms with E-state index < -0.39 is 16.1 Å². The van der Waals surface area contributed by atoms with Gasteiger partial charge in [-0.05, 0) is 24.6 Å². The summed E-state index contributed by atoms with van der Waals surface area (Å²) in [7, 11) is -3.66. The first-order chi connectivity index (χ1) is 8.96. The molecule has 106 valence electrons. The van der Waals surface area contributed by atoms with Gasteiger partial charge in [0, 0.05) is 12.2 Å². The Balaban J connectivity index is 2.43. The maximum absolute atomic E-state index is 12.6. The smallest absolute Gasteiger partial charge is 0.243 e. The molecule has 1 aromatic rings. The number of hydrogen-bond donors (Lipinski definition) is 2. The molecule has 1 aliphatic heterocycles. The second-order valence-electron chi connectivity index (χ2n) is 4.55. The van der Waals surface area contributed by atoms with E-state index in [0.29, 0.717) is 17.9 Å². The third kappa shape index (κ3) is 2.74. The van der Waals surface area contributed by atoms with Gasteiger partial charge in [-0.25, -0.2) is 8.42 Å². The summed E-state index contributed by atoms with van der Waals surface area (Å²) in [5.41, 5.74) is 6.70. The van der Waals surface area contributed by atoms with E-state index in [9.17, 15) is 13.5 Å². The van der Waals surface area contributed by atoms with Crippen LogP contribution in [0, 0.1) is 6.92 Å². The number of nitrogens with zero attached hydrogens (tertiary/aromatic N) is 1. The number of ether oxygens (including phenoxy) is 1. The zero-order valence-electron chi connectivity index (χ0n) is 10.7. The molecule has 0 spiro atoms. The predicted molar refractivity (Wildman–Crippen MR) is 71.2 cm³/mol. The van der Waals surface area contributed by atoms with E-state index in [1.807, 2.05) is 0 Å². The average molecular weight is 286 g/mol. The number of aliphatic hydroxyl groups is 1. The van der Waals surface area contributed by atoms with Crippen molar-refractivity contribution in [1.82, 2.24) is 4.31 Å². The molecule has 1 unspecified atom stereocenters. The van der Waals surface area contributed by atoms with Gasteiger partial charge in [0.2, 0.25) is 10.0 Å². The number of benzene rings is 1. The average Bonchev–Trinajstić information content (AvgIpc) is 2.41. The van der Waals surface area contributed by atoms with Gasteiger partial charge in [-0.15, -0.1) is 0 Å². The minimum atomic E-state index is -3.66. The third-order valence-corrected chi connectivity index (χ3v) is 5.28. The fourth-order valence-electron chi connectivity index (χ4n) is 2.12. The van der Waals surface area contributed by atoms with E-state index in [0.717, 1.165) is 0 Å². The van der Waals surface area contributed by atoms with E-state index >= 15 is 0 Å². The Hall–Kier alpha value is -1.15. The summed E-state index contributed by atoms with van der Waals surface area (Å²) in [6.07, 6.45) is 0. The SMILES string of the molecule is Cc1ccc(N)cc1S(=O)(=O)N1CCOCC1CO. The summed E-state index contributed by atoms with van der Waals surface area (Å²) in [5.74, 6) is 0. The zero-order valence-corrected chi connectivity index (χ0v) is 11.6. The lowest BCUT2D eigenvalue weighted by Gasteiger charge is -2.33. The molecule has 0 aromatic heterocycles. The molecule has 0 amide bonds. The molecule has 1 fully saturated rings. The maximum atomic E-state index is 12.6. The highest BCUT2D eigenvalue weighted by molar-refractivity contribution is 7.89. The highest BCUT2D eigenvalue weighted by Crippen LogP contribution is 2.25. The molecule has 0 bridgehead atoms. The topological polar surface area (TPSA) is 92.9 Å². The van der Waals surface area contributed by atoms with Gasteiger partial charge < -0.3 is 15.6 Å². The maximum Gasteiger partial charge on any atom is 0.243 e. The van der Waals surface area contributed by atoms with Crippen LogP contribution in [-0.2, 0) is 14.8 Å². The normalized spacial score (nSPS) is 21.5. The monoisotopic (exact) mass is 286 g/mol. The van der Waals surface area contributed by atoms with Crippen LogP contribution in [-0.4, -0.2) is 50.2 Å². The van der Waals surface area contributed by atoms with Gasteiger partial charge in [-0.1, -0.05) is 6.07 Å². The van der Waals surface area contributed by atoms with Crippen LogP contribution in [0.5, 0.6) is 0 Å². The van der Waals surface area contributed by atoms with E-state index in [1.165, 1.54) is 10.4 Å². The van der Waals surface area contributed by atoms with E-state index in [4.69, 9.17) is 10.5 Å². The number of hydrogen-bond acceptors (Lipinski definition) is 5. The summed E-state index contributed by atoms with van der Waals surface area (Å²) in [6.45, 7) is 2.23. The molecule has 19 heavy (non-hydrogen) atoms. The first kappa shape index (κ1) is 14.3. The fraction of sp³-hybridized carbons (Fsp3) is 0.500. The summed E-state index contributed by atoms with van der Waals surface area (Å²) in [4.78, 5) is 0.188. The number of rotatable bonds is 3. The molecule has 2 rings (SSSR count). The van der Waals surface area contributed by atoms with Crippen molar-refractivity contribution in [2.45, 2.75) is 17.9 Å². The first-order valence-electron chi connectivity index (χ1n) is 6.03. The predicted octanol–water partition coefficient (Wildman–Crippen LogP) is -0.0410. The van der Waals surface area contributed by atoms with Crippen molar-refractivity contribution in [2.75, 3.05) is 32.1 Å². The van der Waals surface area contributed by atoms with E-state index in [-0.39, 0.29) is 24.7 Å². The van der Waals surface area contributed by atoms with Gasteiger partial charge in [0.1, 0.15) is 0 Å². The molecule has 3 N–H and O–H groups in total. The molecule has 1 aromatic carbocycles. The van der Waals surface area contributed by atoms with Gasteiger partial charge >= 0.3 is 0 Å². The molecule has 1 saturated heterocycles. The Morgan fingerprint density at radius 1 is 1.53 bits per heavy atom. The Morgan fingerprint density at radius 2 is 2.26 bits per heavy atom. The number of nitrogen functional groups attached to an aromatic ring is 1. The zero-order chi connectivity index (χ0) is 14.0. The number of morpholine rings is 1. The summed E-state index contributed by atoms with van der Waals surface area (Å²) in [5, 5.41) is 9.28. The number of aliphatic hydroxyl groups excluding tert-OH is 1. The molecule has 6 nitrogen and oxygen atoms in total. The number of nitrogens with two attached hydrogens (primary N) is 1. The lowest BCUT2D eigenvalue weighted by atomic mass is 10.2. The minimum Gasteiger partial charge on any atom is -0.399 e. The lowest BCUT2D eigenvalue weighted by Crippen LogP contribution is -2.50. The number of sulfonamides is 1. The highest BCUT2D eigenvalue weighted by Gasteiger charge is 2.34. The van der Waals surface area contributed by atoms with Gasteiger partial charge in [0.25, 0.3) is 0 Å². The second kappa shape index (κ2) is 5.46. The standard InChI is InChI=1S/C12H18N2O4S/c1-9-2-3-10(13)6-12(9)19(16,17)14-4-5-18-8-11(14)7-15/h2-3,6,11,15H,4-5,7-8,13H2,1H3. The second-order valence-corrected chi connectivity index (χ2v) is 6.41. The van der Waals surface area contributed by atoms with Crippen molar-refractivity contribution >= 4 is 15.7 Å². The fourth-order valence-corrected chi connectivity index (χ4v) is 3.97. The van der Waals surface area contributed by atoms with Crippen LogP contribution < -0.4 is 5.73 Å². The van der Waals surface area contributed by atoms with Gasteiger partial charge in [0.15, 0.2) is 0 Å². The van der Waals surface area contributed by atoms with Crippen molar-refractivity contribution in [3.63, 3.8) is 0 Å². The van der Waals surface area contributed by atoms with Crippen molar-refractivity contribution in [3.8, 4) is 0 Å². The molecule has 1 atom stereocenters. The van der Waals surface area contributed by atoms with Crippen LogP contribution in [0.2, 0.25) is 0 Å². The van der Waals surface area contributed by atoms with Crippen LogP contribution >= 0.6 is 0 Å². The summed E-state index contributed by atoms with van der Waals surface area (Å²) < 4.78 is 31.8. The molecule has 7 heteroatoms. The first-order valence-corrected chi connectivity index (χ1v) is 7.47. The molecule has 0 saturated carbocycles. The molecule has 0 radical (unpaired) electrons. The quantitative estimate of drug-likeness (QED) is 0.761. The van der Waals surface area contributed by atoms with Gasteiger partial charge in [-0.2, -0.15) is 4.31 Å². The number of anilines is 1. The molecular weight excluding hydrogens is 268 g/mol. The van der Waals surface area contributed by atoms with Crippen LogP contribution in [0.4, 0.5) is 5.69 Å².